The Bertz CT molecular complexity index is 979. The number of nitrogens with one attached hydrogen (secondary N) is 1. The second-order valence-corrected chi connectivity index (χ2v) is 7.84. The average molecular weight is 394 g/mol. The fourth-order valence-corrected chi connectivity index (χ4v) is 3.74. The Balaban J connectivity index is 1.75. The average Bonchev–Trinajstić information content (AvgIpc) is 3.45. The summed E-state index contributed by atoms with van der Waals surface area (Å²) in [6.45, 7) is 4.35. The fourth-order valence-electron chi connectivity index (χ4n) is 3.74. The molecule has 2 aromatic rings. The molecule has 3 rings (SSSR count). The lowest BCUT2D eigenvalue weighted by Crippen LogP contribution is -2.35. The van der Waals surface area contributed by atoms with Crippen molar-refractivity contribution in [2.24, 2.45) is 0 Å². The van der Waals surface area contributed by atoms with Gasteiger partial charge < -0.3 is 14.8 Å². The lowest BCUT2D eigenvalue weighted by molar-refractivity contribution is -0.117. The Morgan fingerprint density at radius 2 is 2.10 bits per heavy atom. The van der Waals surface area contributed by atoms with E-state index in [0.717, 1.165) is 22.5 Å². The Labute approximate surface area is 171 Å². The van der Waals surface area contributed by atoms with E-state index in [1.54, 1.807) is 12.1 Å². The van der Waals surface area contributed by atoms with Crippen LogP contribution in [0.3, 0.4) is 0 Å². The number of rotatable bonds is 7. The van der Waals surface area contributed by atoms with E-state index in [-0.39, 0.29) is 24.0 Å². The van der Waals surface area contributed by atoms with Crippen molar-refractivity contribution in [3.63, 3.8) is 0 Å². The highest BCUT2D eigenvalue weighted by Gasteiger charge is 2.27. The highest BCUT2D eigenvalue weighted by molar-refractivity contribution is 6.01. The minimum atomic E-state index is -0.424. The van der Waals surface area contributed by atoms with Crippen molar-refractivity contribution < 1.29 is 9.18 Å². The third-order valence-electron chi connectivity index (χ3n) is 5.41. The van der Waals surface area contributed by atoms with Crippen molar-refractivity contribution >= 4 is 12.0 Å². The molecule has 1 heterocycles. The maximum atomic E-state index is 13.6. The van der Waals surface area contributed by atoms with Crippen LogP contribution < -0.4 is 5.32 Å². The second-order valence-electron chi connectivity index (χ2n) is 7.84. The third-order valence-corrected chi connectivity index (χ3v) is 5.41. The zero-order valence-electron chi connectivity index (χ0n) is 17.4. The lowest BCUT2D eigenvalue weighted by Gasteiger charge is -2.25. The molecule has 1 saturated carbocycles. The molecule has 0 bridgehead atoms. The second kappa shape index (κ2) is 8.62. The molecule has 1 aromatic carbocycles. The number of hydrogen-bond donors (Lipinski definition) is 1. The molecule has 29 heavy (non-hydrogen) atoms. The van der Waals surface area contributed by atoms with Crippen LogP contribution in [-0.4, -0.2) is 36.0 Å². The molecule has 1 unspecified atom stereocenters. The minimum absolute atomic E-state index is 0.0674. The van der Waals surface area contributed by atoms with Crippen LogP contribution in [-0.2, 0) is 4.79 Å². The number of likely N-dealkylation sites (N-methyl/N-ethyl adjacent to an activating group) is 1. The molecular formula is C23H27FN4O. The number of halogens is 1. The van der Waals surface area contributed by atoms with Gasteiger partial charge in [0.05, 0.1) is 6.04 Å². The molecule has 0 radical (unpaired) electrons. The number of nitrogens with zero attached hydrogens (tertiary/aromatic N) is 3. The summed E-state index contributed by atoms with van der Waals surface area (Å²) in [6.07, 6.45) is 4.01. The standard InChI is InChI=1S/C23H27FN4O/c1-15-10-18(16(2)28(15)21-8-9-21)11-19(13-25)23(29)26-14-22(27(3)4)17-6-5-7-20(24)12-17/h5-7,10-12,21-22H,8-9,14H2,1-4H3,(H,26,29)/b19-11+. The van der Waals surface area contributed by atoms with E-state index in [1.807, 2.05) is 44.1 Å². The number of benzene rings is 1. The van der Waals surface area contributed by atoms with Crippen molar-refractivity contribution in [2.75, 3.05) is 20.6 Å². The molecule has 1 aliphatic carbocycles. The van der Waals surface area contributed by atoms with E-state index < -0.39 is 5.91 Å². The largest absolute Gasteiger partial charge is 0.349 e. The van der Waals surface area contributed by atoms with E-state index in [4.69, 9.17) is 0 Å². The number of amides is 1. The van der Waals surface area contributed by atoms with Gasteiger partial charge in [-0.25, -0.2) is 4.39 Å². The van der Waals surface area contributed by atoms with Crippen LogP contribution in [0, 0.1) is 31.0 Å². The Morgan fingerprint density at radius 1 is 1.38 bits per heavy atom. The van der Waals surface area contributed by atoms with Gasteiger partial charge in [-0.05, 0) is 76.2 Å². The van der Waals surface area contributed by atoms with Gasteiger partial charge in [0.1, 0.15) is 17.5 Å². The molecular weight excluding hydrogens is 367 g/mol. The molecule has 5 nitrogen and oxygen atoms in total. The molecule has 1 atom stereocenters. The Morgan fingerprint density at radius 3 is 2.69 bits per heavy atom. The number of hydrogen-bond acceptors (Lipinski definition) is 3. The van der Waals surface area contributed by atoms with Gasteiger partial charge in [-0.1, -0.05) is 12.1 Å². The van der Waals surface area contributed by atoms with E-state index in [0.29, 0.717) is 6.04 Å². The predicted molar refractivity (Wildman–Crippen MR) is 112 cm³/mol. The van der Waals surface area contributed by atoms with Gasteiger partial charge in [0.25, 0.3) is 5.91 Å². The topological polar surface area (TPSA) is 61.1 Å². The van der Waals surface area contributed by atoms with Gasteiger partial charge >= 0.3 is 0 Å². The molecule has 1 N–H and O–H groups in total. The zero-order chi connectivity index (χ0) is 21.1. The van der Waals surface area contributed by atoms with E-state index in [9.17, 15) is 14.4 Å². The normalized spacial score (nSPS) is 15.3. The van der Waals surface area contributed by atoms with Crippen LogP contribution in [0.5, 0.6) is 0 Å². The molecule has 6 heteroatoms. The molecule has 1 fully saturated rings. The molecule has 0 saturated heterocycles. The number of aryl methyl sites for hydroxylation is 1. The first kappa shape index (κ1) is 20.8. The summed E-state index contributed by atoms with van der Waals surface area (Å²) in [7, 11) is 3.74. The lowest BCUT2D eigenvalue weighted by atomic mass is 10.1. The van der Waals surface area contributed by atoms with Crippen LogP contribution >= 0.6 is 0 Å². The zero-order valence-corrected chi connectivity index (χ0v) is 17.4. The number of aromatic nitrogens is 1. The maximum absolute atomic E-state index is 13.6. The Kier molecular flexibility index (Phi) is 6.19. The quantitative estimate of drug-likeness (QED) is 0.572. The SMILES string of the molecule is Cc1cc(/C=C(\C#N)C(=O)NCC(c2cccc(F)c2)N(C)C)c(C)n1C1CC1. The summed E-state index contributed by atoms with van der Waals surface area (Å²) < 4.78 is 15.9. The first-order valence-corrected chi connectivity index (χ1v) is 9.82. The third kappa shape index (κ3) is 4.75. The van der Waals surface area contributed by atoms with Gasteiger partial charge in [-0.3, -0.25) is 4.79 Å². The molecule has 0 aliphatic heterocycles. The van der Waals surface area contributed by atoms with Gasteiger partial charge in [0, 0.05) is 24.0 Å². The van der Waals surface area contributed by atoms with Crippen LogP contribution in [0.25, 0.3) is 6.08 Å². The van der Waals surface area contributed by atoms with Crippen molar-refractivity contribution in [1.82, 2.24) is 14.8 Å². The van der Waals surface area contributed by atoms with Crippen LogP contribution in [0.2, 0.25) is 0 Å². The van der Waals surface area contributed by atoms with Crippen LogP contribution in [0.4, 0.5) is 4.39 Å². The summed E-state index contributed by atoms with van der Waals surface area (Å²) in [4.78, 5) is 14.6. The first-order valence-electron chi connectivity index (χ1n) is 9.82. The van der Waals surface area contributed by atoms with Gasteiger partial charge in [0.15, 0.2) is 0 Å². The molecule has 152 valence electrons. The number of carbonyl (C=O) groups is 1. The summed E-state index contributed by atoms with van der Waals surface area (Å²) in [5.74, 6) is -0.740. The van der Waals surface area contributed by atoms with Crippen molar-refractivity contribution in [1.29, 1.82) is 5.26 Å². The summed E-state index contributed by atoms with van der Waals surface area (Å²) in [6, 6.07) is 10.7. The predicted octanol–water partition coefficient (Wildman–Crippen LogP) is 3.91. The van der Waals surface area contributed by atoms with E-state index in [2.05, 4.69) is 16.8 Å². The monoisotopic (exact) mass is 394 g/mol. The van der Waals surface area contributed by atoms with E-state index >= 15 is 0 Å². The highest BCUT2D eigenvalue weighted by atomic mass is 19.1. The number of carbonyl (C=O) groups excluding carboxylic acids is 1. The van der Waals surface area contributed by atoms with Gasteiger partial charge in [-0.2, -0.15) is 5.26 Å². The van der Waals surface area contributed by atoms with Crippen LogP contribution in [0.15, 0.2) is 35.9 Å². The van der Waals surface area contributed by atoms with Gasteiger partial charge in [0.2, 0.25) is 0 Å². The summed E-state index contributed by atoms with van der Waals surface area (Å²) in [5.41, 5.74) is 3.96. The molecule has 1 aliphatic rings. The Hall–Kier alpha value is -2.91. The molecule has 1 aromatic heterocycles. The summed E-state index contributed by atoms with van der Waals surface area (Å²) >= 11 is 0. The first-order chi connectivity index (χ1) is 13.8. The smallest absolute Gasteiger partial charge is 0.262 e. The molecule has 0 spiro atoms. The fraction of sp³-hybridized carbons (Fsp3) is 0.391. The van der Waals surface area contributed by atoms with Crippen LogP contribution in [0.1, 0.15) is 47.4 Å². The van der Waals surface area contributed by atoms with E-state index in [1.165, 1.54) is 25.0 Å². The van der Waals surface area contributed by atoms with Gasteiger partial charge in [-0.15, -0.1) is 0 Å². The maximum Gasteiger partial charge on any atom is 0.262 e. The number of nitriles is 1. The highest BCUT2D eigenvalue weighted by Crippen LogP contribution is 2.38. The van der Waals surface area contributed by atoms with Crippen molar-refractivity contribution in [2.45, 2.75) is 38.8 Å². The van der Waals surface area contributed by atoms with Crippen molar-refractivity contribution in [3.05, 3.63) is 64.2 Å². The summed E-state index contributed by atoms with van der Waals surface area (Å²) in [5, 5.41) is 12.4. The minimum Gasteiger partial charge on any atom is -0.349 e. The van der Waals surface area contributed by atoms with Crippen molar-refractivity contribution in [3.8, 4) is 6.07 Å². The molecule has 1 amide bonds.